The van der Waals surface area contributed by atoms with Crippen molar-refractivity contribution in [2.24, 2.45) is 11.3 Å². The molecule has 0 saturated carbocycles. The molecule has 98 valence electrons. The van der Waals surface area contributed by atoms with Crippen LogP contribution in [0.1, 0.15) is 20.8 Å². The lowest BCUT2D eigenvalue weighted by atomic mass is 9.76. The zero-order chi connectivity index (χ0) is 12.5. The topological polar surface area (TPSA) is 59.6 Å². The summed E-state index contributed by atoms with van der Waals surface area (Å²) in [5, 5.41) is 6.21. The highest BCUT2D eigenvalue weighted by atomic mass is 16.6. The van der Waals surface area contributed by atoms with E-state index in [4.69, 9.17) is 9.47 Å². The number of ether oxygens (including phenoxy) is 2. The Morgan fingerprint density at radius 2 is 2.24 bits per heavy atom. The van der Waals surface area contributed by atoms with E-state index in [1.807, 2.05) is 20.8 Å². The van der Waals surface area contributed by atoms with Gasteiger partial charge in [0.2, 0.25) is 0 Å². The minimum absolute atomic E-state index is 0.245. The first-order chi connectivity index (χ1) is 7.91. The monoisotopic (exact) mass is 242 g/mol. The van der Waals surface area contributed by atoms with Crippen molar-refractivity contribution in [1.82, 2.24) is 10.6 Å². The average Bonchev–Trinajstić information content (AvgIpc) is 2.54. The molecule has 2 aliphatic rings. The summed E-state index contributed by atoms with van der Waals surface area (Å²) < 4.78 is 10.5. The number of alkyl carbamates (subject to hydrolysis) is 1. The Kier molecular flexibility index (Phi) is 3.32. The fourth-order valence-corrected chi connectivity index (χ4v) is 2.37. The van der Waals surface area contributed by atoms with E-state index in [1.54, 1.807) is 0 Å². The van der Waals surface area contributed by atoms with Crippen LogP contribution in [0.2, 0.25) is 0 Å². The van der Waals surface area contributed by atoms with Crippen molar-refractivity contribution in [2.75, 3.05) is 32.8 Å². The van der Waals surface area contributed by atoms with Gasteiger partial charge in [-0.2, -0.15) is 0 Å². The Balaban J connectivity index is 1.76. The summed E-state index contributed by atoms with van der Waals surface area (Å²) in [6, 6.07) is 0. The molecular weight excluding hydrogens is 220 g/mol. The number of carbonyl (C=O) groups is 1. The first-order valence-corrected chi connectivity index (χ1v) is 6.17. The maximum atomic E-state index is 11.5. The van der Waals surface area contributed by atoms with Crippen molar-refractivity contribution in [3.8, 4) is 0 Å². The second-order valence-corrected chi connectivity index (χ2v) is 6.07. The molecule has 0 aromatic rings. The standard InChI is InChI=1S/C12H22N2O3/c1-11(2,3)17-10(15)14-5-9-4-13-6-12(9)7-16-8-12/h9,13H,4-8H2,1-3H3,(H,14,15). The lowest BCUT2D eigenvalue weighted by Gasteiger charge is -2.42. The van der Waals surface area contributed by atoms with Gasteiger partial charge in [0.15, 0.2) is 0 Å². The minimum atomic E-state index is -0.435. The van der Waals surface area contributed by atoms with E-state index in [1.165, 1.54) is 0 Å². The van der Waals surface area contributed by atoms with Crippen LogP contribution in [0.3, 0.4) is 0 Å². The summed E-state index contributed by atoms with van der Waals surface area (Å²) in [5.74, 6) is 0.448. The molecule has 0 aromatic heterocycles. The van der Waals surface area contributed by atoms with Crippen molar-refractivity contribution in [3.63, 3.8) is 0 Å². The van der Waals surface area contributed by atoms with Gasteiger partial charge in [-0.1, -0.05) is 0 Å². The van der Waals surface area contributed by atoms with E-state index in [-0.39, 0.29) is 11.5 Å². The van der Waals surface area contributed by atoms with E-state index in [0.717, 1.165) is 26.3 Å². The van der Waals surface area contributed by atoms with Crippen molar-refractivity contribution in [2.45, 2.75) is 26.4 Å². The van der Waals surface area contributed by atoms with E-state index >= 15 is 0 Å². The molecule has 1 amide bonds. The third-order valence-electron chi connectivity index (χ3n) is 3.40. The molecule has 2 saturated heterocycles. The van der Waals surface area contributed by atoms with Gasteiger partial charge in [-0.15, -0.1) is 0 Å². The van der Waals surface area contributed by atoms with Crippen molar-refractivity contribution >= 4 is 6.09 Å². The molecular formula is C12H22N2O3. The Hall–Kier alpha value is -0.810. The third kappa shape index (κ3) is 2.90. The first-order valence-electron chi connectivity index (χ1n) is 6.17. The molecule has 2 heterocycles. The molecule has 17 heavy (non-hydrogen) atoms. The van der Waals surface area contributed by atoms with Gasteiger partial charge < -0.3 is 20.1 Å². The maximum Gasteiger partial charge on any atom is 0.407 e. The summed E-state index contributed by atoms with van der Waals surface area (Å²) in [7, 11) is 0. The van der Waals surface area contributed by atoms with Gasteiger partial charge in [0.05, 0.1) is 13.2 Å². The SMILES string of the molecule is CC(C)(C)OC(=O)NCC1CNCC12COC2. The number of hydrogen-bond donors (Lipinski definition) is 2. The van der Waals surface area contributed by atoms with Crippen LogP contribution >= 0.6 is 0 Å². The van der Waals surface area contributed by atoms with Crippen LogP contribution < -0.4 is 10.6 Å². The van der Waals surface area contributed by atoms with Crippen LogP contribution in [0.4, 0.5) is 4.79 Å². The molecule has 0 aromatic carbocycles. The molecule has 2 rings (SSSR count). The third-order valence-corrected chi connectivity index (χ3v) is 3.40. The molecule has 0 radical (unpaired) electrons. The van der Waals surface area contributed by atoms with Crippen LogP contribution in [-0.4, -0.2) is 44.5 Å². The lowest BCUT2D eigenvalue weighted by molar-refractivity contribution is -0.123. The second kappa shape index (κ2) is 4.46. The molecule has 1 spiro atoms. The van der Waals surface area contributed by atoms with E-state index < -0.39 is 5.60 Å². The minimum Gasteiger partial charge on any atom is -0.444 e. The fraction of sp³-hybridized carbons (Fsp3) is 0.917. The highest BCUT2D eigenvalue weighted by molar-refractivity contribution is 5.67. The Bertz CT molecular complexity index is 295. The van der Waals surface area contributed by atoms with Crippen LogP contribution in [0.25, 0.3) is 0 Å². The van der Waals surface area contributed by atoms with Gasteiger partial charge in [-0.3, -0.25) is 0 Å². The summed E-state index contributed by atoms with van der Waals surface area (Å²) in [6.07, 6.45) is -0.334. The van der Waals surface area contributed by atoms with Crippen LogP contribution in [0.5, 0.6) is 0 Å². The Morgan fingerprint density at radius 3 is 2.76 bits per heavy atom. The van der Waals surface area contributed by atoms with Crippen LogP contribution in [0, 0.1) is 11.3 Å². The number of carbonyl (C=O) groups excluding carboxylic acids is 1. The van der Waals surface area contributed by atoms with Crippen molar-refractivity contribution in [1.29, 1.82) is 0 Å². The molecule has 1 unspecified atom stereocenters. The van der Waals surface area contributed by atoms with Crippen LogP contribution in [0.15, 0.2) is 0 Å². The van der Waals surface area contributed by atoms with Gasteiger partial charge in [-0.25, -0.2) is 4.79 Å². The van der Waals surface area contributed by atoms with Crippen molar-refractivity contribution < 1.29 is 14.3 Å². The Labute approximate surface area is 102 Å². The predicted octanol–water partition coefficient (Wildman–Crippen LogP) is 0.747. The number of rotatable bonds is 2. The number of hydrogen-bond acceptors (Lipinski definition) is 4. The maximum absolute atomic E-state index is 11.5. The smallest absolute Gasteiger partial charge is 0.407 e. The highest BCUT2D eigenvalue weighted by Gasteiger charge is 2.48. The first kappa shape index (κ1) is 12.6. The lowest BCUT2D eigenvalue weighted by Crippen LogP contribution is -2.51. The summed E-state index contributed by atoms with van der Waals surface area (Å²) >= 11 is 0. The fourth-order valence-electron chi connectivity index (χ4n) is 2.37. The van der Waals surface area contributed by atoms with Gasteiger partial charge in [-0.05, 0) is 20.8 Å². The van der Waals surface area contributed by atoms with Crippen molar-refractivity contribution in [3.05, 3.63) is 0 Å². The molecule has 2 N–H and O–H groups in total. The van der Waals surface area contributed by atoms with Gasteiger partial charge >= 0.3 is 6.09 Å². The number of amides is 1. The molecule has 5 nitrogen and oxygen atoms in total. The summed E-state index contributed by atoms with van der Waals surface area (Å²) in [6.45, 7) is 9.81. The van der Waals surface area contributed by atoms with Gasteiger partial charge in [0.1, 0.15) is 5.60 Å². The van der Waals surface area contributed by atoms with E-state index in [2.05, 4.69) is 10.6 Å². The van der Waals surface area contributed by atoms with Crippen LogP contribution in [-0.2, 0) is 9.47 Å². The largest absolute Gasteiger partial charge is 0.444 e. The van der Waals surface area contributed by atoms with E-state index in [0.29, 0.717) is 12.5 Å². The Morgan fingerprint density at radius 1 is 1.53 bits per heavy atom. The zero-order valence-electron chi connectivity index (χ0n) is 10.8. The molecule has 1 atom stereocenters. The molecule has 2 fully saturated rings. The highest BCUT2D eigenvalue weighted by Crippen LogP contribution is 2.38. The normalized spacial score (nSPS) is 26.6. The molecule has 0 bridgehead atoms. The number of nitrogens with one attached hydrogen (secondary N) is 2. The van der Waals surface area contributed by atoms with Gasteiger partial charge in [0.25, 0.3) is 0 Å². The van der Waals surface area contributed by atoms with E-state index in [9.17, 15) is 4.79 Å². The quantitative estimate of drug-likeness (QED) is 0.750. The summed E-state index contributed by atoms with van der Waals surface area (Å²) in [4.78, 5) is 11.5. The molecule has 5 heteroatoms. The predicted molar refractivity (Wildman–Crippen MR) is 63.8 cm³/mol. The molecule has 0 aliphatic carbocycles. The van der Waals surface area contributed by atoms with Gasteiger partial charge in [0, 0.05) is 31.0 Å². The second-order valence-electron chi connectivity index (χ2n) is 6.07. The summed E-state index contributed by atoms with van der Waals surface area (Å²) in [5.41, 5.74) is -0.190. The average molecular weight is 242 g/mol. The molecule has 2 aliphatic heterocycles. The zero-order valence-corrected chi connectivity index (χ0v) is 10.8.